The number of primary amides is 1. The zero-order valence-electron chi connectivity index (χ0n) is 21.7. The first-order chi connectivity index (χ1) is 19.8. The fourth-order valence-corrected chi connectivity index (χ4v) is 6.34. The first kappa shape index (κ1) is 27.8. The number of carbonyl (C=O) groups is 3. The highest BCUT2D eigenvalue weighted by atomic mass is 35.5. The van der Waals surface area contributed by atoms with E-state index in [0.29, 0.717) is 30.0 Å². The molecule has 2 unspecified atom stereocenters. The second-order valence-electron chi connectivity index (χ2n) is 10.4. The van der Waals surface area contributed by atoms with Crippen LogP contribution in [0.5, 0.6) is 0 Å². The minimum Gasteiger partial charge on any atom is -0.366 e. The summed E-state index contributed by atoms with van der Waals surface area (Å²) in [4.78, 5) is 38.2. The summed E-state index contributed by atoms with van der Waals surface area (Å²) in [5, 5.41) is 7.64. The van der Waals surface area contributed by atoms with E-state index in [2.05, 4.69) is 10.4 Å². The summed E-state index contributed by atoms with van der Waals surface area (Å²) in [7, 11) is 1.62. The van der Waals surface area contributed by atoms with Crippen molar-refractivity contribution in [3.8, 4) is 11.1 Å². The standard InChI is InChI=1S/C29H20ClF5N4O3/c1-39-26(11-2-4-14(40)6-11)18-10-16(21-17(27(36)41)7-12(8-20(21)32)29(33,34)35)22-23(25(18)38-39)28(42)37-24(22)15-9-13(31)3-5-19(15)30/h3,5,7-11,24H,2,4,6H2,1H3,(H2,36,41)(H,37,42). The zero-order chi connectivity index (χ0) is 30.2. The first-order valence-electron chi connectivity index (χ1n) is 12.8. The molecule has 2 atom stereocenters. The third kappa shape index (κ3) is 4.32. The van der Waals surface area contributed by atoms with Gasteiger partial charge >= 0.3 is 6.18 Å². The van der Waals surface area contributed by atoms with E-state index in [1.54, 1.807) is 7.05 Å². The van der Waals surface area contributed by atoms with E-state index < -0.39 is 52.4 Å². The molecular formula is C29H20ClF5N4O3. The van der Waals surface area contributed by atoms with Gasteiger partial charge in [0.05, 0.1) is 22.7 Å². The molecule has 4 aromatic rings. The third-order valence-electron chi connectivity index (χ3n) is 7.86. The van der Waals surface area contributed by atoms with Crippen molar-refractivity contribution in [2.45, 2.75) is 37.4 Å². The molecule has 1 fully saturated rings. The molecule has 0 spiro atoms. The molecule has 3 aromatic carbocycles. The number of Topliss-reactive ketones (excluding diaryl/α,β-unsaturated/α-hetero) is 1. The maximum absolute atomic E-state index is 15.8. The van der Waals surface area contributed by atoms with E-state index in [1.165, 1.54) is 16.8 Å². The maximum atomic E-state index is 15.8. The SMILES string of the molecule is Cn1nc2c3c(c(-c4c(F)cc(C(F)(F)F)cc4C(N)=O)cc2c1C1CCC(=O)C1)C(c1cc(F)ccc1Cl)NC3=O. The van der Waals surface area contributed by atoms with Gasteiger partial charge in [-0.1, -0.05) is 11.6 Å². The fourth-order valence-electron chi connectivity index (χ4n) is 6.12. The smallest absolute Gasteiger partial charge is 0.366 e. The van der Waals surface area contributed by atoms with Crippen molar-refractivity contribution in [3.05, 3.63) is 86.6 Å². The Kier molecular flexibility index (Phi) is 6.37. The topological polar surface area (TPSA) is 107 Å². The molecule has 0 saturated heterocycles. The number of hydrogen-bond donors (Lipinski definition) is 2. The van der Waals surface area contributed by atoms with E-state index in [1.807, 2.05) is 0 Å². The number of carbonyl (C=O) groups excluding carboxylic acids is 3. The number of hydrogen-bond acceptors (Lipinski definition) is 4. The lowest BCUT2D eigenvalue weighted by Gasteiger charge is -2.20. The number of amides is 2. The van der Waals surface area contributed by atoms with Gasteiger partial charge in [-0.2, -0.15) is 18.3 Å². The lowest BCUT2D eigenvalue weighted by Crippen LogP contribution is -2.21. The molecule has 0 bridgehead atoms. The molecule has 0 radical (unpaired) electrons. The molecule has 1 saturated carbocycles. The van der Waals surface area contributed by atoms with Crippen molar-refractivity contribution in [1.82, 2.24) is 15.1 Å². The number of aromatic nitrogens is 2. The molecule has 216 valence electrons. The van der Waals surface area contributed by atoms with Crippen LogP contribution in [0.2, 0.25) is 5.02 Å². The van der Waals surface area contributed by atoms with Gasteiger partial charge in [-0.05, 0) is 48.4 Å². The van der Waals surface area contributed by atoms with Gasteiger partial charge in [-0.3, -0.25) is 19.1 Å². The summed E-state index contributed by atoms with van der Waals surface area (Å²) < 4.78 is 72.4. The minimum atomic E-state index is -4.99. The molecule has 2 amide bonds. The first-order valence-corrected chi connectivity index (χ1v) is 13.2. The van der Waals surface area contributed by atoms with Crippen LogP contribution in [-0.2, 0) is 18.0 Å². The Labute approximate surface area is 239 Å². The number of rotatable bonds is 4. The van der Waals surface area contributed by atoms with E-state index >= 15 is 4.39 Å². The minimum absolute atomic E-state index is 0.0269. The Bertz CT molecular complexity index is 1870. The molecule has 7 nitrogen and oxygen atoms in total. The van der Waals surface area contributed by atoms with Crippen molar-refractivity contribution in [3.63, 3.8) is 0 Å². The van der Waals surface area contributed by atoms with Crippen LogP contribution in [0.15, 0.2) is 36.4 Å². The van der Waals surface area contributed by atoms with Gasteiger partial charge in [0.1, 0.15) is 22.9 Å². The van der Waals surface area contributed by atoms with Crippen molar-refractivity contribution in [2.24, 2.45) is 12.8 Å². The second-order valence-corrected chi connectivity index (χ2v) is 10.8. The van der Waals surface area contributed by atoms with E-state index in [9.17, 15) is 31.9 Å². The highest BCUT2D eigenvalue weighted by molar-refractivity contribution is 6.31. The number of aryl methyl sites for hydroxylation is 1. The Balaban J connectivity index is 1.74. The molecule has 42 heavy (non-hydrogen) atoms. The van der Waals surface area contributed by atoms with Crippen LogP contribution >= 0.6 is 11.6 Å². The fraction of sp³-hybridized carbons (Fsp3) is 0.241. The van der Waals surface area contributed by atoms with E-state index in [-0.39, 0.29) is 57.0 Å². The number of fused-ring (bicyclic) bond motifs is 3. The molecule has 2 heterocycles. The predicted molar refractivity (Wildman–Crippen MR) is 142 cm³/mol. The van der Waals surface area contributed by atoms with Crippen LogP contribution in [-0.4, -0.2) is 27.4 Å². The number of halogens is 6. The highest BCUT2D eigenvalue weighted by Gasteiger charge is 2.41. The van der Waals surface area contributed by atoms with Gasteiger partial charge in [-0.15, -0.1) is 0 Å². The molecule has 1 aromatic heterocycles. The third-order valence-corrected chi connectivity index (χ3v) is 8.20. The van der Waals surface area contributed by atoms with Crippen LogP contribution < -0.4 is 11.1 Å². The average molecular weight is 603 g/mol. The summed E-state index contributed by atoms with van der Waals surface area (Å²) >= 11 is 6.38. The van der Waals surface area contributed by atoms with Gasteiger partial charge in [0.2, 0.25) is 5.91 Å². The Morgan fingerprint density at radius 3 is 2.50 bits per heavy atom. The Morgan fingerprint density at radius 2 is 1.86 bits per heavy atom. The predicted octanol–water partition coefficient (Wildman–Crippen LogP) is 5.96. The lowest BCUT2D eigenvalue weighted by molar-refractivity contribution is -0.137. The lowest BCUT2D eigenvalue weighted by atomic mass is 9.85. The quantitative estimate of drug-likeness (QED) is 0.281. The monoisotopic (exact) mass is 602 g/mol. The molecule has 1 aliphatic carbocycles. The van der Waals surface area contributed by atoms with Crippen LogP contribution in [0, 0.1) is 11.6 Å². The second kappa shape index (κ2) is 9.62. The van der Waals surface area contributed by atoms with Crippen LogP contribution in [0.1, 0.15) is 74.3 Å². The van der Waals surface area contributed by atoms with Crippen molar-refractivity contribution >= 4 is 40.1 Å². The molecule has 1 aliphatic heterocycles. The molecule has 2 aliphatic rings. The number of ketones is 1. The Hall–Kier alpha value is -4.32. The highest BCUT2D eigenvalue weighted by Crippen LogP contribution is 2.48. The summed E-state index contributed by atoms with van der Waals surface area (Å²) in [5.41, 5.74) is 3.41. The molecule has 6 rings (SSSR count). The van der Waals surface area contributed by atoms with E-state index in [4.69, 9.17) is 17.3 Å². The molecule has 13 heteroatoms. The van der Waals surface area contributed by atoms with Gasteiger partial charge < -0.3 is 11.1 Å². The van der Waals surface area contributed by atoms with Crippen molar-refractivity contribution < 1.29 is 36.3 Å². The number of benzene rings is 3. The van der Waals surface area contributed by atoms with Gasteiger partial charge in [0.25, 0.3) is 5.91 Å². The van der Waals surface area contributed by atoms with Crippen LogP contribution in [0.3, 0.4) is 0 Å². The summed E-state index contributed by atoms with van der Waals surface area (Å²) in [6.07, 6.45) is -3.96. The molecule has 3 N–H and O–H groups in total. The number of alkyl halides is 3. The zero-order valence-corrected chi connectivity index (χ0v) is 22.5. The molecular weight excluding hydrogens is 583 g/mol. The summed E-state index contributed by atoms with van der Waals surface area (Å²) in [6.45, 7) is 0. The van der Waals surface area contributed by atoms with Gasteiger partial charge in [0.15, 0.2) is 0 Å². The Morgan fingerprint density at radius 1 is 1.12 bits per heavy atom. The van der Waals surface area contributed by atoms with Crippen molar-refractivity contribution in [1.29, 1.82) is 0 Å². The summed E-state index contributed by atoms with van der Waals surface area (Å²) in [6, 6.07) is 4.37. The average Bonchev–Trinajstić information content (AvgIpc) is 3.58. The largest absolute Gasteiger partial charge is 0.416 e. The van der Waals surface area contributed by atoms with Crippen molar-refractivity contribution in [2.75, 3.05) is 0 Å². The number of nitrogens with zero attached hydrogens (tertiary/aromatic N) is 2. The van der Waals surface area contributed by atoms with Crippen LogP contribution in [0.25, 0.3) is 22.0 Å². The maximum Gasteiger partial charge on any atom is 0.416 e. The summed E-state index contributed by atoms with van der Waals surface area (Å²) in [5.74, 6) is -4.38. The normalized spacial score (nSPS) is 18.5. The van der Waals surface area contributed by atoms with Gasteiger partial charge in [0, 0.05) is 58.6 Å². The van der Waals surface area contributed by atoms with E-state index in [0.717, 1.165) is 12.1 Å². The van der Waals surface area contributed by atoms with Crippen LogP contribution in [0.4, 0.5) is 22.0 Å². The number of nitrogens with two attached hydrogens (primary N) is 1. The van der Waals surface area contributed by atoms with Gasteiger partial charge in [-0.25, -0.2) is 8.78 Å². The number of nitrogens with one attached hydrogen (secondary N) is 1.